The zero-order chi connectivity index (χ0) is 20.5. The van der Waals surface area contributed by atoms with Gasteiger partial charge in [0.05, 0.1) is 18.7 Å². The number of benzene rings is 1. The largest absolute Gasteiger partial charge is 0.466 e. The Bertz CT molecular complexity index is 1020. The molecule has 6 heteroatoms. The van der Waals surface area contributed by atoms with Crippen LogP contribution in [0.15, 0.2) is 47.7 Å². The molecule has 6 nitrogen and oxygen atoms in total. The second-order valence-corrected chi connectivity index (χ2v) is 7.63. The second-order valence-electron chi connectivity index (χ2n) is 7.63. The van der Waals surface area contributed by atoms with Gasteiger partial charge in [-0.1, -0.05) is 29.8 Å². The molecule has 2 aromatic rings. The predicted octanol–water partition coefficient (Wildman–Crippen LogP) is 3.65. The van der Waals surface area contributed by atoms with Crippen LogP contribution >= 0.6 is 0 Å². The lowest BCUT2D eigenvalue weighted by Gasteiger charge is -2.43. The van der Waals surface area contributed by atoms with E-state index in [1.807, 2.05) is 13.0 Å². The fourth-order valence-corrected chi connectivity index (χ4v) is 4.70. The van der Waals surface area contributed by atoms with Crippen molar-refractivity contribution in [3.05, 3.63) is 59.0 Å². The van der Waals surface area contributed by atoms with Crippen LogP contribution in [-0.4, -0.2) is 42.0 Å². The number of carbonyl (C=O) groups excluding carboxylic acids is 2. The molecular weight excluding hydrogens is 368 g/mol. The van der Waals surface area contributed by atoms with Crippen molar-refractivity contribution in [1.29, 1.82) is 0 Å². The van der Waals surface area contributed by atoms with Gasteiger partial charge < -0.3 is 14.5 Å². The number of ether oxygens (including phenoxy) is 2. The third-order valence-corrected chi connectivity index (χ3v) is 6.08. The third-order valence-electron chi connectivity index (χ3n) is 6.08. The molecule has 2 aliphatic rings. The van der Waals surface area contributed by atoms with Crippen molar-refractivity contribution in [3.8, 4) is 0 Å². The first-order valence-electron chi connectivity index (χ1n) is 9.97. The minimum Gasteiger partial charge on any atom is -0.466 e. The molecule has 3 heterocycles. The molecule has 1 fully saturated rings. The number of aromatic amines is 1. The van der Waals surface area contributed by atoms with Gasteiger partial charge >= 0.3 is 11.9 Å². The first-order chi connectivity index (χ1) is 14.0. The van der Waals surface area contributed by atoms with Crippen LogP contribution in [0.2, 0.25) is 0 Å². The van der Waals surface area contributed by atoms with Crippen molar-refractivity contribution in [2.24, 2.45) is 5.92 Å². The van der Waals surface area contributed by atoms with Gasteiger partial charge in [0.25, 0.3) is 0 Å². The number of nitrogens with one attached hydrogen (secondary N) is 1. The van der Waals surface area contributed by atoms with Crippen molar-refractivity contribution in [3.63, 3.8) is 0 Å². The maximum Gasteiger partial charge on any atom is 0.337 e. The van der Waals surface area contributed by atoms with E-state index in [1.165, 1.54) is 36.9 Å². The number of hydrogen-bond acceptors (Lipinski definition) is 5. The van der Waals surface area contributed by atoms with Crippen molar-refractivity contribution in [1.82, 2.24) is 9.88 Å². The lowest BCUT2D eigenvalue weighted by atomic mass is 9.78. The fraction of sp³-hybridized carbons (Fsp3) is 0.391. The van der Waals surface area contributed by atoms with Crippen LogP contribution in [0.1, 0.15) is 37.6 Å². The summed E-state index contributed by atoms with van der Waals surface area (Å²) in [5.41, 5.74) is 5.28. The Morgan fingerprint density at radius 2 is 2.07 bits per heavy atom. The van der Waals surface area contributed by atoms with Crippen LogP contribution in [0, 0.1) is 5.92 Å². The molecule has 29 heavy (non-hydrogen) atoms. The topological polar surface area (TPSA) is 71.6 Å². The summed E-state index contributed by atoms with van der Waals surface area (Å²) in [6, 6.07) is 8.56. The highest BCUT2D eigenvalue weighted by Gasteiger charge is 2.40. The number of allylic oxidation sites excluding steroid dienone is 1. The van der Waals surface area contributed by atoms with Gasteiger partial charge in [0, 0.05) is 42.5 Å². The average molecular weight is 394 g/mol. The normalized spacial score (nSPS) is 23.6. The first kappa shape index (κ1) is 19.5. The molecule has 0 bridgehead atoms. The maximum absolute atomic E-state index is 12.5. The smallest absolute Gasteiger partial charge is 0.337 e. The summed E-state index contributed by atoms with van der Waals surface area (Å²) in [5, 5.41) is 1.28. The van der Waals surface area contributed by atoms with E-state index in [0.717, 1.165) is 37.0 Å². The zero-order valence-corrected chi connectivity index (χ0v) is 17.0. The molecule has 1 aromatic heterocycles. The third kappa shape index (κ3) is 3.49. The second kappa shape index (κ2) is 7.87. The van der Waals surface area contributed by atoms with E-state index in [-0.39, 0.29) is 12.0 Å². The van der Waals surface area contributed by atoms with Gasteiger partial charge in [-0.15, -0.1) is 0 Å². The van der Waals surface area contributed by atoms with E-state index < -0.39 is 11.9 Å². The summed E-state index contributed by atoms with van der Waals surface area (Å²) in [6.45, 7) is 5.06. The van der Waals surface area contributed by atoms with Gasteiger partial charge in [0.15, 0.2) is 0 Å². The van der Waals surface area contributed by atoms with E-state index in [0.29, 0.717) is 5.57 Å². The molecule has 2 atom stereocenters. The number of H-pyrrole nitrogens is 1. The lowest BCUT2D eigenvalue weighted by molar-refractivity contribution is -0.137. The van der Waals surface area contributed by atoms with E-state index >= 15 is 0 Å². The molecule has 1 aromatic carbocycles. The quantitative estimate of drug-likeness (QED) is 0.372. The zero-order valence-electron chi connectivity index (χ0n) is 17.0. The fourth-order valence-electron chi connectivity index (χ4n) is 4.70. The highest BCUT2D eigenvalue weighted by atomic mass is 16.5. The molecule has 2 aliphatic heterocycles. The molecule has 0 unspecified atom stereocenters. The molecule has 0 spiro atoms. The number of esters is 2. The summed E-state index contributed by atoms with van der Waals surface area (Å²) in [6.07, 6.45) is 5.06. The van der Waals surface area contributed by atoms with Crippen LogP contribution in [0.3, 0.4) is 0 Å². The van der Waals surface area contributed by atoms with Gasteiger partial charge in [-0.05, 0) is 31.4 Å². The van der Waals surface area contributed by atoms with E-state index in [4.69, 9.17) is 9.47 Å². The standard InChI is InChI=1S/C23H26N2O4/c1-4-15-12-25-10-9-17-16-7-5-6-8-20(16)24-22(17)21(25)11-18(15)19(23(27)28-3)13-29-14(2)26/h4-8,13,18,21,24H,9-12H2,1-3H3/b15-4+,19-13-/t18-,21+/m1/s1. The van der Waals surface area contributed by atoms with Gasteiger partial charge in [-0.3, -0.25) is 9.69 Å². The highest BCUT2D eigenvalue weighted by Crippen LogP contribution is 2.44. The number of aromatic nitrogens is 1. The minimum absolute atomic E-state index is 0.162. The molecule has 152 valence electrons. The number of fused-ring (bicyclic) bond motifs is 5. The summed E-state index contributed by atoms with van der Waals surface area (Å²) >= 11 is 0. The van der Waals surface area contributed by atoms with Crippen molar-refractivity contribution < 1.29 is 19.1 Å². The minimum atomic E-state index is -0.461. The summed E-state index contributed by atoms with van der Waals surface area (Å²) in [5.74, 6) is -1.08. The Hall–Kier alpha value is -2.86. The molecule has 0 saturated carbocycles. The summed E-state index contributed by atoms with van der Waals surface area (Å²) in [4.78, 5) is 29.9. The lowest BCUT2D eigenvalue weighted by Crippen LogP contribution is -2.43. The Labute approximate surface area is 170 Å². The average Bonchev–Trinajstić information content (AvgIpc) is 3.12. The molecule has 0 aliphatic carbocycles. The van der Waals surface area contributed by atoms with Gasteiger partial charge in [-0.2, -0.15) is 0 Å². The number of para-hydroxylation sites is 1. The maximum atomic E-state index is 12.5. The van der Waals surface area contributed by atoms with Crippen LogP contribution < -0.4 is 0 Å². The molecule has 1 saturated heterocycles. The number of hydrogen-bond donors (Lipinski definition) is 1. The van der Waals surface area contributed by atoms with Crippen LogP contribution in [0.5, 0.6) is 0 Å². The van der Waals surface area contributed by atoms with Crippen LogP contribution in [0.25, 0.3) is 10.9 Å². The van der Waals surface area contributed by atoms with Crippen molar-refractivity contribution in [2.75, 3.05) is 20.2 Å². The van der Waals surface area contributed by atoms with Gasteiger partial charge in [-0.25, -0.2) is 4.79 Å². The first-order valence-corrected chi connectivity index (χ1v) is 9.97. The number of piperidine rings is 1. The van der Waals surface area contributed by atoms with Gasteiger partial charge in [0.2, 0.25) is 0 Å². The SMILES string of the molecule is C/C=C1\CN2CCc3c([nH]c4ccccc34)[C@@H]2C[C@H]1/C(=C/OC(C)=O)C(=O)OC. The highest BCUT2D eigenvalue weighted by molar-refractivity contribution is 5.90. The molecule has 0 radical (unpaired) electrons. The van der Waals surface area contributed by atoms with Crippen LogP contribution in [-0.2, 0) is 25.5 Å². The van der Waals surface area contributed by atoms with E-state index in [1.54, 1.807) is 0 Å². The Kier molecular flexibility index (Phi) is 5.28. The number of carbonyl (C=O) groups is 2. The van der Waals surface area contributed by atoms with E-state index in [9.17, 15) is 9.59 Å². The predicted molar refractivity (Wildman–Crippen MR) is 110 cm³/mol. The van der Waals surface area contributed by atoms with Crippen LogP contribution in [0.4, 0.5) is 0 Å². The molecule has 4 rings (SSSR count). The van der Waals surface area contributed by atoms with Crippen molar-refractivity contribution in [2.45, 2.75) is 32.7 Å². The Morgan fingerprint density at radius 3 is 2.79 bits per heavy atom. The molecular formula is C23H26N2O4. The van der Waals surface area contributed by atoms with Crippen molar-refractivity contribution >= 4 is 22.8 Å². The monoisotopic (exact) mass is 394 g/mol. The van der Waals surface area contributed by atoms with E-state index in [2.05, 4.69) is 34.2 Å². The van der Waals surface area contributed by atoms with Gasteiger partial charge in [0.1, 0.15) is 6.26 Å². The Balaban J connectivity index is 1.74. The molecule has 0 amide bonds. The molecule has 1 N–H and O–H groups in total. The summed E-state index contributed by atoms with van der Waals surface area (Å²) < 4.78 is 10.1. The number of methoxy groups -OCH3 is 1. The summed E-state index contributed by atoms with van der Waals surface area (Å²) in [7, 11) is 1.35. The number of rotatable bonds is 3. The Morgan fingerprint density at radius 1 is 1.28 bits per heavy atom. The number of nitrogens with zero attached hydrogens (tertiary/aromatic N) is 1.